The van der Waals surface area contributed by atoms with Crippen molar-refractivity contribution in [2.75, 3.05) is 0 Å². The Morgan fingerprint density at radius 1 is 1.59 bits per heavy atom. The van der Waals surface area contributed by atoms with Crippen molar-refractivity contribution in [3.8, 4) is 6.07 Å². The first-order valence-electron chi connectivity index (χ1n) is 6.21. The van der Waals surface area contributed by atoms with Crippen LogP contribution in [-0.4, -0.2) is 17.2 Å². The Kier molecular flexibility index (Phi) is 4.03. The summed E-state index contributed by atoms with van der Waals surface area (Å²) in [4.78, 5) is 11.7. The second kappa shape index (κ2) is 4.95. The van der Waals surface area contributed by atoms with Crippen LogP contribution in [0.5, 0.6) is 0 Å². The molecule has 2 unspecified atom stereocenters. The minimum Gasteiger partial charge on any atom is -0.444 e. The van der Waals surface area contributed by atoms with Gasteiger partial charge in [-0.05, 0) is 39.5 Å². The van der Waals surface area contributed by atoms with Crippen LogP contribution in [0.2, 0.25) is 0 Å². The summed E-state index contributed by atoms with van der Waals surface area (Å²) >= 11 is 0. The summed E-state index contributed by atoms with van der Waals surface area (Å²) in [5, 5.41) is 11.6. The average molecular weight is 238 g/mol. The number of hydrogen-bond acceptors (Lipinski definition) is 3. The Hall–Kier alpha value is -1.24. The van der Waals surface area contributed by atoms with E-state index in [9.17, 15) is 4.79 Å². The van der Waals surface area contributed by atoms with E-state index >= 15 is 0 Å². The van der Waals surface area contributed by atoms with Gasteiger partial charge in [0.2, 0.25) is 0 Å². The van der Waals surface area contributed by atoms with Crippen LogP contribution in [-0.2, 0) is 4.74 Å². The predicted octanol–water partition coefficient (Wildman–Crippen LogP) is 2.98. The van der Waals surface area contributed by atoms with Gasteiger partial charge in [-0.25, -0.2) is 4.79 Å². The molecule has 0 saturated heterocycles. The summed E-state index contributed by atoms with van der Waals surface area (Å²) in [7, 11) is 0. The second-order valence-electron chi connectivity index (χ2n) is 5.75. The van der Waals surface area contributed by atoms with Crippen molar-refractivity contribution in [1.82, 2.24) is 5.32 Å². The number of nitriles is 1. The van der Waals surface area contributed by atoms with Crippen molar-refractivity contribution in [2.24, 2.45) is 5.92 Å². The Morgan fingerprint density at radius 3 is 2.65 bits per heavy atom. The Balaban J connectivity index is 2.52. The van der Waals surface area contributed by atoms with E-state index in [1.807, 2.05) is 20.8 Å². The van der Waals surface area contributed by atoms with E-state index in [0.29, 0.717) is 12.3 Å². The summed E-state index contributed by atoms with van der Waals surface area (Å²) < 4.78 is 5.25. The van der Waals surface area contributed by atoms with Crippen LogP contribution in [0, 0.1) is 17.2 Å². The van der Waals surface area contributed by atoms with Gasteiger partial charge in [0.1, 0.15) is 5.60 Å². The first-order valence-corrected chi connectivity index (χ1v) is 6.21. The van der Waals surface area contributed by atoms with Gasteiger partial charge in [0, 0.05) is 12.0 Å². The normalized spacial score (nSPS) is 27.1. The molecule has 17 heavy (non-hydrogen) atoms. The van der Waals surface area contributed by atoms with Gasteiger partial charge in [-0.15, -0.1) is 0 Å². The van der Waals surface area contributed by atoms with Crippen molar-refractivity contribution >= 4 is 6.09 Å². The maximum absolute atomic E-state index is 11.7. The number of alkyl carbamates (subject to hydrolysis) is 1. The standard InChI is InChI=1S/C13H22N2O2/c1-5-10-9-13(10,7-6-8-14)15-11(16)17-12(2,3)4/h10H,5-7,9H2,1-4H3,(H,15,16). The number of nitrogens with one attached hydrogen (secondary N) is 1. The van der Waals surface area contributed by atoms with Crippen molar-refractivity contribution in [3.05, 3.63) is 0 Å². The van der Waals surface area contributed by atoms with Gasteiger partial charge in [0.25, 0.3) is 0 Å². The van der Waals surface area contributed by atoms with Crippen LogP contribution in [0.1, 0.15) is 53.4 Å². The van der Waals surface area contributed by atoms with Crippen molar-refractivity contribution in [1.29, 1.82) is 5.26 Å². The number of carbonyl (C=O) groups excluding carboxylic acids is 1. The molecule has 1 aliphatic rings. The van der Waals surface area contributed by atoms with Crippen LogP contribution < -0.4 is 5.32 Å². The molecule has 0 aromatic carbocycles. The summed E-state index contributed by atoms with van der Waals surface area (Å²) in [6.45, 7) is 7.64. The Morgan fingerprint density at radius 2 is 2.24 bits per heavy atom. The van der Waals surface area contributed by atoms with Gasteiger partial charge in [-0.3, -0.25) is 0 Å². The third-order valence-corrected chi connectivity index (χ3v) is 3.16. The first kappa shape index (κ1) is 13.8. The number of hydrogen-bond donors (Lipinski definition) is 1. The molecule has 0 spiro atoms. The summed E-state index contributed by atoms with van der Waals surface area (Å²) in [5.74, 6) is 0.489. The van der Waals surface area contributed by atoms with Gasteiger partial charge in [-0.2, -0.15) is 5.26 Å². The maximum Gasteiger partial charge on any atom is 0.408 e. The van der Waals surface area contributed by atoms with E-state index in [0.717, 1.165) is 19.3 Å². The molecule has 96 valence electrons. The van der Waals surface area contributed by atoms with Gasteiger partial charge in [-0.1, -0.05) is 13.3 Å². The molecule has 0 radical (unpaired) electrons. The number of rotatable bonds is 4. The highest BCUT2D eigenvalue weighted by atomic mass is 16.6. The van der Waals surface area contributed by atoms with E-state index < -0.39 is 5.60 Å². The quantitative estimate of drug-likeness (QED) is 0.819. The molecule has 4 heteroatoms. The van der Waals surface area contributed by atoms with Crippen molar-refractivity contribution in [2.45, 2.75) is 64.5 Å². The maximum atomic E-state index is 11.7. The molecule has 1 saturated carbocycles. The minimum absolute atomic E-state index is 0.188. The molecule has 1 rings (SSSR count). The van der Waals surface area contributed by atoms with Crippen LogP contribution in [0.4, 0.5) is 4.79 Å². The lowest BCUT2D eigenvalue weighted by Crippen LogP contribution is -2.42. The summed E-state index contributed by atoms with van der Waals surface area (Å²) in [6.07, 6.45) is 2.82. The van der Waals surface area contributed by atoms with E-state index in [4.69, 9.17) is 10.00 Å². The van der Waals surface area contributed by atoms with Gasteiger partial charge >= 0.3 is 6.09 Å². The van der Waals surface area contributed by atoms with Crippen molar-refractivity contribution < 1.29 is 9.53 Å². The third kappa shape index (κ3) is 3.92. The van der Waals surface area contributed by atoms with Gasteiger partial charge < -0.3 is 10.1 Å². The third-order valence-electron chi connectivity index (χ3n) is 3.16. The minimum atomic E-state index is -0.475. The number of ether oxygens (including phenoxy) is 1. The van der Waals surface area contributed by atoms with Crippen LogP contribution in [0.25, 0.3) is 0 Å². The smallest absolute Gasteiger partial charge is 0.408 e. The van der Waals surface area contributed by atoms with E-state index in [-0.39, 0.29) is 11.6 Å². The molecule has 0 aliphatic heterocycles. The zero-order chi connectivity index (χ0) is 13.1. The fourth-order valence-electron chi connectivity index (χ4n) is 2.22. The molecule has 0 heterocycles. The number of amides is 1. The molecule has 1 N–H and O–H groups in total. The van der Waals surface area contributed by atoms with Crippen molar-refractivity contribution in [3.63, 3.8) is 0 Å². The topological polar surface area (TPSA) is 62.1 Å². The highest BCUT2D eigenvalue weighted by molar-refractivity contribution is 5.69. The fourth-order valence-corrected chi connectivity index (χ4v) is 2.22. The zero-order valence-corrected chi connectivity index (χ0v) is 11.2. The summed E-state index contributed by atoms with van der Waals surface area (Å²) in [6, 6.07) is 2.14. The molecule has 4 nitrogen and oxygen atoms in total. The molecular formula is C13H22N2O2. The van der Waals surface area contributed by atoms with E-state index in [1.54, 1.807) is 0 Å². The molecule has 2 atom stereocenters. The fraction of sp³-hybridized carbons (Fsp3) is 0.846. The highest BCUT2D eigenvalue weighted by Gasteiger charge is 2.53. The molecule has 0 aromatic heterocycles. The predicted molar refractivity (Wildman–Crippen MR) is 65.3 cm³/mol. The lowest BCUT2D eigenvalue weighted by atomic mass is 10.1. The SMILES string of the molecule is CCC1CC1(CCC#N)NC(=O)OC(C)(C)C. The Bertz CT molecular complexity index is 327. The number of carbonyl (C=O) groups is 1. The van der Waals surface area contributed by atoms with Crippen LogP contribution in [0.15, 0.2) is 0 Å². The van der Waals surface area contributed by atoms with E-state index in [2.05, 4.69) is 18.3 Å². The molecule has 1 fully saturated rings. The molecular weight excluding hydrogens is 216 g/mol. The second-order valence-corrected chi connectivity index (χ2v) is 5.75. The molecule has 1 amide bonds. The highest BCUT2D eigenvalue weighted by Crippen LogP contribution is 2.49. The lowest BCUT2D eigenvalue weighted by molar-refractivity contribution is 0.0488. The average Bonchev–Trinajstić information content (AvgIpc) is 2.86. The van der Waals surface area contributed by atoms with Gasteiger partial charge in [0.15, 0.2) is 0 Å². The van der Waals surface area contributed by atoms with E-state index in [1.165, 1.54) is 0 Å². The largest absolute Gasteiger partial charge is 0.444 e. The van der Waals surface area contributed by atoms with Gasteiger partial charge in [0.05, 0.1) is 6.07 Å². The first-order chi connectivity index (χ1) is 7.83. The molecule has 1 aliphatic carbocycles. The monoisotopic (exact) mass is 238 g/mol. The lowest BCUT2D eigenvalue weighted by Gasteiger charge is -2.23. The van der Waals surface area contributed by atoms with Crippen LogP contribution in [0.3, 0.4) is 0 Å². The Labute approximate surface area is 103 Å². The van der Waals surface area contributed by atoms with Crippen LogP contribution >= 0.6 is 0 Å². The summed E-state index contributed by atoms with van der Waals surface area (Å²) in [5.41, 5.74) is -0.663. The number of nitrogens with zero attached hydrogens (tertiary/aromatic N) is 1. The molecule has 0 bridgehead atoms. The molecule has 0 aromatic rings. The zero-order valence-electron chi connectivity index (χ0n) is 11.2.